The molecular weight excluding hydrogens is 252 g/mol. The van der Waals surface area contributed by atoms with E-state index in [0.29, 0.717) is 0 Å². The molecule has 0 aliphatic heterocycles. The van der Waals surface area contributed by atoms with Crippen molar-refractivity contribution in [3.05, 3.63) is 30.1 Å². The highest BCUT2D eigenvalue weighted by atomic mass is 15.5. The molecule has 108 valence electrons. The normalized spacial score (nSPS) is 11.0. The van der Waals surface area contributed by atoms with Crippen LogP contribution in [0.2, 0.25) is 0 Å². The lowest BCUT2D eigenvalue weighted by atomic mass is 10.2. The van der Waals surface area contributed by atoms with Crippen molar-refractivity contribution in [3.8, 4) is 5.69 Å². The molecule has 0 fully saturated rings. The third-order valence-electron chi connectivity index (χ3n) is 3.48. The van der Waals surface area contributed by atoms with Crippen LogP contribution >= 0.6 is 0 Å². The van der Waals surface area contributed by atoms with Crippen molar-refractivity contribution < 1.29 is 0 Å². The van der Waals surface area contributed by atoms with Crippen LogP contribution in [-0.2, 0) is 6.42 Å². The van der Waals surface area contributed by atoms with Crippen LogP contribution in [0.4, 0.5) is 5.69 Å². The highest BCUT2D eigenvalue weighted by Crippen LogP contribution is 2.13. The molecule has 0 aliphatic carbocycles. The lowest BCUT2D eigenvalue weighted by molar-refractivity contribution is 0.305. The van der Waals surface area contributed by atoms with Crippen molar-refractivity contribution in [1.82, 2.24) is 25.1 Å². The summed E-state index contributed by atoms with van der Waals surface area (Å²) in [5.41, 5.74) is 2.06. The molecule has 1 N–H and O–H groups in total. The number of anilines is 1. The molecule has 6 heteroatoms. The highest BCUT2D eigenvalue weighted by Gasteiger charge is 2.09. The minimum absolute atomic E-state index is 0.850. The average molecular weight is 274 g/mol. The van der Waals surface area contributed by atoms with Gasteiger partial charge in [-0.25, -0.2) is 0 Å². The summed E-state index contributed by atoms with van der Waals surface area (Å²) in [5.74, 6) is 0.897. The van der Waals surface area contributed by atoms with Crippen molar-refractivity contribution in [3.63, 3.8) is 0 Å². The largest absolute Gasteiger partial charge is 0.388 e. The first-order valence-corrected chi connectivity index (χ1v) is 7.06. The molecule has 0 bridgehead atoms. The molecule has 2 aromatic rings. The van der Waals surface area contributed by atoms with Gasteiger partial charge in [0.25, 0.3) is 0 Å². The molecule has 0 saturated heterocycles. The number of hydrogen-bond acceptors (Lipinski definition) is 5. The van der Waals surface area contributed by atoms with E-state index in [4.69, 9.17) is 0 Å². The van der Waals surface area contributed by atoms with E-state index < -0.39 is 0 Å². The lowest BCUT2D eigenvalue weighted by Gasteiger charge is -2.17. The number of rotatable bonds is 7. The molecule has 1 heterocycles. The van der Waals surface area contributed by atoms with Crippen LogP contribution in [0.25, 0.3) is 5.69 Å². The summed E-state index contributed by atoms with van der Waals surface area (Å²) in [5, 5.41) is 15.1. The Morgan fingerprint density at radius 1 is 1.15 bits per heavy atom. The minimum Gasteiger partial charge on any atom is -0.388 e. The molecule has 0 radical (unpaired) electrons. The maximum atomic E-state index is 4.14. The first kappa shape index (κ1) is 14.5. The fourth-order valence-electron chi connectivity index (χ4n) is 2.13. The summed E-state index contributed by atoms with van der Waals surface area (Å²) in [7, 11) is 1.90. The van der Waals surface area contributed by atoms with E-state index in [2.05, 4.69) is 39.6 Å². The summed E-state index contributed by atoms with van der Waals surface area (Å²) in [6.45, 7) is 7.41. The predicted molar refractivity (Wildman–Crippen MR) is 80.2 cm³/mol. The van der Waals surface area contributed by atoms with E-state index in [0.717, 1.165) is 43.3 Å². The molecule has 0 amide bonds. The fraction of sp³-hybridized carbons (Fsp3) is 0.500. The van der Waals surface area contributed by atoms with E-state index in [9.17, 15) is 0 Å². The molecule has 1 aromatic heterocycles. The van der Waals surface area contributed by atoms with Crippen LogP contribution in [0, 0.1) is 0 Å². The van der Waals surface area contributed by atoms with Crippen molar-refractivity contribution in [1.29, 1.82) is 0 Å². The van der Waals surface area contributed by atoms with Gasteiger partial charge in [-0.1, -0.05) is 13.8 Å². The van der Waals surface area contributed by atoms with Crippen molar-refractivity contribution >= 4 is 5.69 Å². The molecule has 0 atom stereocenters. The van der Waals surface area contributed by atoms with Crippen LogP contribution < -0.4 is 5.32 Å². The maximum absolute atomic E-state index is 4.14. The van der Waals surface area contributed by atoms with E-state index in [1.54, 1.807) is 0 Å². The van der Waals surface area contributed by atoms with Gasteiger partial charge in [-0.05, 0) is 47.8 Å². The smallest absolute Gasteiger partial charge is 0.157 e. The molecule has 6 nitrogen and oxygen atoms in total. The van der Waals surface area contributed by atoms with Crippen LogP contribution in [0.1, 0.15) is 19.7 Å². The second-order valence-electron chi connectivity index (χ2n) is 4.58. The van der Waals surface area contributed by atoms with Gasteiger partial charge in [-0.2, -0.15) is 4.68 Å². The number of aromatic nitrogens is 4. The van der Waals surface area contributed by atoms with Gasteiger partial charge in [-0.15, -0.1) is 5.10 Å². The van der Waals surface area contributed by atoms with Gasteiger partial charge in [0.05, 0.1) is 5.69 Å². The van der Waals surface area contributed by atoms with Crippen molar-refractivity contribution in [2.24, 2.45) is 0 Å². The van der Waals surface area contributed by atoms with Crippen LogP contribution in [0.15, 0.2) is 24.3 Å². The van der Waals surface area contributed by atoms with Gasteiger partial charge in [0.15, 0.2) is 5.82 Å². The van der Waals surface area contributed by atoms with E-state index in [-0.39, 0.29) is 0 Å². The molecule has 0 spiro atoms. The van der Waals surface area contributed by atoms with Gasteiger partial charge >= 0.3 is 0 Å². The number of likely N-dealkylation sites (N-methyl/N-ethyl adjacent to an activating group) is 1. The summed E-state index contributed by atoms with van der Waals surface area (Å²) >= 11 is 0. The quantitative estimate of drug-likeness (QED) is 0.831. The van der Waals surface area contributed by atoms with E-state index >= 15 is 0 Å². The maximum Gasteiger partial charge on any atom is 0.157 e. The van der Waals surface area contributed by atoms with Crippen molar-refractivity contribution in [2.45, 2.75) is 20.3 Å². The summed E-state index contributed by atoms with van der Waals surface area (Å²) < 4.78 is 1.81. The van der Waals surface area contributed by atoms with Crippen molar-refractivity contribution in [2.75, 3.05) is 32.0 Å². The number of hydrogen-bond donors (Lipinski definition) is 1. The Balaban J connectivity index is 2.11. The second-order valence-corrected chi connectivity index (χ2v) is 4.58. The van der Waals surface area contributed by atoms with Gasteiger partial charge in [0.2, 0.25) is 0 Å². The highest BCUT2D eigenvalue weighted by molar-refractivity contribution is 5.48. The number of benzene rings is 1. The Bertz CT molecular complexity index is 515. The Morgan fingerprint density at radius 3 is 2.45 bits per heavy atom. The van der Waals surface area contributed by atoms with E-state index in [1.165, 1.54) is 0 Å². The second kappa shape index (κ2) is 7.00. The van der Waals surface area contributed by atoms with Crippen LogP contribution in [0.5, 0.6) is 0 Å². The van der Waals surface area contributed by atoms with E-state index in [1.807, 2.05) is 36.0 Å². The predicted octanol–water partition coefficient (Wildman–Crippen LogP) is 1.59. The molecule has 1 aromatic carbocycles. The van der Waals surface area contributed by atoms with Gasteiger partial charge in [0.1, 0.15) is 0 Å². The number of tetrazole rings is 1. The first-order chi connectivity index (χ1) is 9.78. The molecule has 0 unspecified atom stereocenters. The standard InChI is InChI=1S/C14H22N6/c1-4-19(5-2)11-10-14-16-17-18-20(14)13-8-6-12(15-3)7-9-13/h6-9,15H,4-5,10-11H2,1-3H3. The third kappa shape index (κ3) is 3.33. The summed E-state index contributed by atoms with van der Waals surface area (Å²) in [4.78, 5) is 2.36. The SMILES string of the molecule is CCN(CC)CCc1nnnn1-c1ccc(NC)cc1. The monoisotopic (exact) mass is 274 g/mol. The summed E-state index contributed by atoms with van der Waals surface area (Å²) in [6, 6.07) is 8.07. The lowest BCUT2D eigenvalue weighted by Crippen LogP contribution is -2.26. The molecule has 0 saturated carbocycles. The summed E-state index contributed by atoms with van der Waals surface area (Å²) in [6.07, 6.45) is 0.850. The number of nitrogens with zero attached hydrogens (tertiary/aromatic N) is 5. The topological polar surface area (TPSA) is 58.9 Å². The Kier molecular flexibility index (Phi) is 5.06. The molecule has 2 rings (SSSR count). The van der Waals surface area contributed by atoms with Gasteiger partial charge < -0.3 is 10.2 Å². The molecule has 0 aliphatic rings. The first-order valence-electron chi connectivity index (χ1n) is 7.06. The third-order valence-corrected chi connectivity index (χ3v) is 3.48. The number of nitrogens with one attached hydrogen (secondary N) is 1. The Hall–Kier alpha value is -1.95. The fourth-order valence-corrected chi connectivity index (χ4v) is 2.13. The average Bonchev–Trinajstić information content (AvgIpc) is 2.97. The zero-order valence-corrected chi connectivity index (χ0v) is 12.4. The molecule has 20 heavy (non-hydrogen) atoms. The Morgan fingerprint density at radius 2 is 1.85 bits per heavy atom. The molecular formula is C14H22N6. The van der Waals surface area contributed by atoms with Gasteiger partial charge in [-0.3, -0.25) is 0 Å². The minimum atomic E-state index is 0.850. The van der Waals surface area contributed by atoms with Gasteiger partial charge in [0, 0.05) is 25.7 Å². The Labute approximate surface area is 119 Å². The zero-order valence-electron chi connectivity index (χ0n) is 12.4. The van der Waals surface area contributed by atoms with Crippen LogP contribution in [0.3, 0.4) is 0 Å². The van der Waals surface area contributed by atoms with Crippen LogP contribution in [-0.4, -0.2) is 51.8 Å². The zero-order chi connectivity index (χ0) is 14.4.